The molecule has 0 aliphatic heterocycles. The van der Waals surface area contributed by atoms with Crippen molar-refractivity contribution in [3.63, 3.8) is 0 Å². The van der Waals surface area contributed by atoms with E-state index in [1.807, 2.05) is 13.0 Å². The van der Waals surface area contributed by atoms with Gasteiger partial charge in [-0.3, -0.25) is 4.79 Å². The summed E-state index contributed by atoms with van der Waals surface area (Å²) in [5.41, 5.74) is 0.828. The second-order valence-electron chi connectivity index (χ2n) is 5.21. The predicted molar refractivity (Wildman–Crippen MR) is 90.4 cm³/mol. The molecule has 1 aromatic carbocycles. The number of ether oxygens (including phenoxy) is 2. The number of carboxylic acid groups (broad SMARTS) is 1. The molecular formula is C18H21NO6. The van der Waals surface area contributed by atoms with Crippen molar-refractivity contribution in [2.45, 2.75) is 26.8 Å². The molecule has 0 aliphatic rings. The van der Waals surface area contributed by atoms with Gasteiger partial charge in [0.25, 0.3) is 5.91 Å². The topological polar surface area (TPSA) is 98.0 Å². The monoisotopic (exact) mass is 347 g/mol. The van der Waals surface area contributed by atoms with E-state index in [1.54, 1.807) is 26.2 Å². The van der Waals surface area contributed by atoms with Gasteiger partial charge in [0.05, 0.1) is 13.7 Å². The van der Waals surface area contributed by atoms with Crippen LogP contribution in [0, 0.1) is 0 Å². The number of hydrogen-bond acceptors (Lipinski definition) is 5. The molecule has 0 unspecified atom stereocenters. The first kappa shape index (κ1) is 18.4. The molecule has 0 saturated heterocycles. The van der Waals surface area contributed by atoms with Crippen molar-refractivity contribution in [3.8, 4) is 11.5 Å². The number of methoxy groups -OCH3 is 1. The van der Waals surface area contributed by atoms with Gasteiger partial charge < -0.3 is 24.3 Å². The highest BCUT2D eigenvalue weighted by Crippen LogP contribution is 2.28. The number of aryl methyl sites for hydroxylation is 1. The predicted octanol–water partition coefficient (Wildman–Crippen LogP) is 2.88. The average Bonchev–Trinajstić information content (AvgIpc) is 3.05. The highest BCUT2D eigenvalue weighted by Gasteiger charge is 2.20. The van der Waals surface area contributed by atoms with Crippen molar-refractivity contribution in [3.05, 3.63) is 46.9 Å². The second kappa shape index (κ2) is 8.23. The average molecular weight is 347 g/mol. The van der Waals surface area contributed by atoms with E-state index in [9.17, 15) is 9.59 Å². The molecule has 0 radical (unpaired) electrons. The molecular weight excluding hydrogens is 326 g/mol. The maximum atomic E-state index is 12.2. The lowest BCUT2D eigenvalue weighted by Gasteiger charge is -2.11. The molecule has 7 nitrogen and oxygen atoms in total. The molecule has 1 heterocycles. The Bertz CT molecular complexity index is 765. The number of rotatable bonds is 8. The van der Waals surface area contributed by atoms with Crippen LogP contribution >= 0.6 is 0 Å². The van der Waals surface area contributed by atoms with Gasteiger partial charge >= 0.3 is 5.97 Å². The minimum absolute atomic E-state index is 0.00993. The Hall–Kier alpha value is -2.96. The Kier molecular flexibility index (Phi) is 6.05. The Morgan fingerprint density at radius 3 is 2.52 bits per heavy atom. The fourth-order valence-corrected chi connectivity index (χ4v) is 2.35. The summed E-state index contributed by atoms with van der Waals surface area (Å²) >= 11 is 0. The van der Waals surface area contributed by atoms with Gasteiger partial charge in [-0.25, -0.2) is 4.79 Å². The first-order chi connectivity index (χ1) is 12.0. The van der Waals surface area contributed by atoms with Gasteiger partial charge in [0.2, 0.25) is 0 Å². The zero-order chi connectivity index (χ0) is 18.4. The number of nitrogens with one attached hydrogen (secondary N) is 1. The number of amides is 1. The Labute approximate surface area is 145 Å². The summed E-state index contributed by atoms with van der Waals surface area (Å²) in [6.45, 7) is 4.37. The van der Waals surface area contributed by atoms with Crippen molar-refractivity contribution in [1.29, 1.82) is 0 Å². The summed E-state index contributed by atoms with van der Waals surface area (Å²) in [5, 5.41) is 11.8. The number of benzene rings is 1. The fourth-order valence-electron chi connectivity index (χ4n) is 2.35. The van der Waals surface area contributed by atoms with E-state index in [0.29, 0.717) is 24.5 Å². The summed E-state index contributed by atoms with van der Waals surface area (Å²) in [5.74, 6) is -0.126. The van der Waals surface area contributed by atoms with Crippen molar-refractivity contribution in [2.24, 2.45) is 0 Å². The van der Waals surface area contributed by atoms with Gasteiger partial charge in [0.15, 0.2) is 17.3 Å². The molecule has 7 heteroatoms. The molecule has 2 N–H and O–H groups in total. The van der Waals surface area contributed by atoms with Crippen molar-refractivity contribution < 1.29 is 28.6 Å². The zero-order valence-electron chi connectivity index (χ0n) is 14.4. The zero-order valence-corrected chi connectivity index (χ0v) is 14.4. The van der Waals surface area contributed by atoms with E-state index in [0.717, 1.165) is 5.56 Å². The molecule has 0 spiro atoms. The van der Waals surface area contributed by atoms with Gasteiger partial charge in [0.1, 0.15) is 11.3 Å². The fraction of sp³-hybridized carbons (Fsp3) is 0.333. The first-order valence-electron chi connectivity index (χ1n) is 7.94. The maximum absolute atomic E-state index is 12.2. The summed E-state index contributed by atoms with van der Waals surface area (Å²) in [7, 11) is 1.56. The van der Waals surface area contributed by atoms with Gasteiger partial charge in [0, 0.05) is 19.0 Å². The van der Waals surface area contributed by atoms with Crippen LogP contribution in [0.2, 0.25) is 0 Å². The third kappa shape index (κ3) is 4.32. The van der Waals surface area contributed by atoms with Gasteiger partial charge in [-0.1, -0.05) is 13.0 Å². The molecule has 2 rings (SSSR count). The molecule has 25 heavy (non-hydrogen) atoms. The third-order valence-corrected chi connectivity index (χ3v) is 3.57. The highest BCUT2D eigenvalue weighted by molar-refractivity contribution is 5.96. The van der Waals surface area contributed by atoms with Crippen LogP contribution < -0.4 is 14.8 Å². The van der Waals surface area contributed by atoms with Gasteiger partial charge in [-0.2, -0.15) is 0 Å². The number of furan rings is 1. The lowest BCUT2D eigenvalue weighted by atomic mass is 10.2. The van der Waals surface area contributed by atoms with Crippen LogP contribution in [-0.4, -0.2) is 30.7 Å². The molecule has 1 amide bonds. The van der Waals surface area contributed by atoms with Crippen LogP contribution in [0.5, 0.6) is 11.5 Å². The van der Waals surface area contributed by atoms with Crippen molar-refractivity contribution in [1.82, 2.24) is 5.32 Å². The van der Waals surface area contributed by atoms with E-state index in [-0.39, 0.29) is 23.6 Å². The van der Waals surface area contributed by atoms with Crippen LogP contribution in [0.1, 0.15) is 46.1 Å². The van der Waals surface area contributed by atoms with E-state index < -0.39 is 11.9 Å². The maximum Gasteiger partial charge on any atom is 0.339 e. The van der Waals surface area contributed by atoms with Crippen LogP contribution in [0.15, 0.2) is 28.7 Å². The summed E-state index contributed by atoms with van der Waals surface area (Å²) in [6.07, 6.45) is 0.394. The Morgan fingerprint density at radius 2 is 1.96 bits per heavy atom. The molecule has 0 saturated carbocycles. The minimum atomic E-state index is -1.11. The van der Waals surface area contributed by atoms with Crippen LogP contribution in [0.25, 0.3) is 0 Å². The number of carbonyl (C=O) groups excluding carboxylic acids is 1. The van der Waals surface area contributed by atoms with Crippen LogP contribution in [0.4, 0.5) is 0 Å². The normalized spacial score (nSPS) is 10.4. The summed E-state index contributed by atoms with van der Waals surface area (Å²) in [4.78, 5) is 23.3. The van der Waals surface area contributed by atoms with E-state index in [4.69, 9.17) is 19.0 Å². The molecule has 0 fully saturated rings. The molecule has 0 bridgehead atoms. The van der Waals surface area contributed by atoms with Crippen LogP contribution in [-0.2, 0) is 13.0 Å². The van der Waals surface area contributed by atoms with E-state index >= 15 is 0 Å². The Balaban J connectivity index is 2.09. The molecule has 1 aromatic heterocycles. The standard InChI is InChI=1S/C18H21NO6/c1-4-13-12(18(21)22)9-16(25-13)17(20)19-10-11-6-7-14(23-3)15(8-11)24-5-2/h6-9H,4-5,10H2,1-3H3,(H,19,20)(H,21,22). The lowest BCUT2D eigenvalue weighted by Crippen LogP contribution is -2.22. The lowest BCUT2D eigenvalue weighted by molar-refractivity contribution is 0.0694. The highest BCUT2D eigenvalue weighted by atomic mass is 16.5. The quantitative estimate of drug-likeness (QED) is 0.762. The van der Waals surface area contributed by atoms with Gasteiger partial charge in [-0.05, 0) is 24.6 Å². The van der Waals surface area contributed by atoms with Crippen molar-refractivity contribution >= 4 is 11.9 Å². The third-order valence-electron chi connectivity index (χ3n) is 3.57. The SMILES string of the molecule is CCOc1cc(CNC(=O)c2cc(C(=O)O)c(CC)o2)ccc1OC. The number of aromatic carboxylic acids is 1. The minimum Gasteiger partial charge on any atom is -0.493 e. The second-order valence-corrected chi connectivity index (χ2v) is 5.21. The van der Waals surface area contributed by atoms with Crippen LogP contribution in [0.3, 0.4) is 0 Å². The Morgan fingerprint density at radius 1 is 1.20 bits per heavy atom. The number of carboxylic acids is 1. The van der Waals surface area contributed by atoms with E-state index in [1.165, 1.54) is 6.07 Å². The number of hydrogen-bond donors (Lipinski definition) is 2. The summed E-state index contributed by atoms with van der Waals surface area (Å²) < 4.78 is 16.1. The molecule has 134 valence electrons. The van der Waals surface area contributed by atoms with Crippen molar-refractivity contribution in [2.75, 3.05) is 13.7 Å². The number of carbonyl (C=O) groups is 2. The smallest absolute Gasteiger partial charge is 0.339 e. The molecule has 0 atom stereocenters. The molecule has 2 aromatic rings. The largest absolute Gasteiger partial charge is 0.493 e. The van der Waals surface area contributed by atoms with E-state index in [2.05, 4.69) is 5.32 Å². The first-order valence-corrected chi connectivity index (χ1v) is 7.94. The summed E-state index contributed by atoms with van der Waals surface area (Å²) in [6, 6.07) is 6.60. The van der Waals surface area contributed by atoms with Gasteiger partial charge in [-0.15, -0.1) is 0 Å². The molecule has 0 aliphatic carbocycles.